The quantitative estimate of drug-likeness (QED) is 0.200. The van der Waals surface area contributed by atoms with E-state index in [2.05, 4.69) is 125 Å². The number of benzene rings is 5. The molecule has 0 amide bonds. The Labute approximate surface area is 234 Å². The third kappa shape index (κ3) is 2.54. The van der Waals surface area contributed by atoms with E-state index in [0.29, 0.717) is 0 Å². The Bertz CT molecular complexity index is 2370. The molecule has 0 radical (unpaired) electrons. The van der Waals surface area contributed by atoms with Crippen LogP contribution < -0.4 is 10.3 Å². The van der Waals surface area contributed by atoms with Crippen LogP contribution in [0.3, 0.4) is 0 Å². The van der Waals surface area contributed by atoms with Gasteiger partial charge in [0.25, 0.3) is 0 Å². The van der Waals surface area contributed by atoms with E-state index >= 15 is 0 Å². The summed E-state index contributed by atoms with van der Waals surface area (Å²) in [5.41, 5.74) is 11.0. The molecule has 5 heterocycles. The first-order valence-electron chi connectivity index (χ1n) is 13.7. The molecule has 2 aliphatic rings. The third-order valence-electron chi connectivity index (χ3n) is 8.78. The van der Waals surface area contributed by atoms with Gasteiger partial charge in [0.2, 0.25) is 0 Å². The van der Waals surface area contributed by atoms with Gasteiger partial charge in [-0.15, -0.1) is 11.3 Å². The first-order valence-corrected chi connectivity index (χ1v) is 14.5. The van der Waals surface area contributed by atoms with Crippen molar-refractivity contribution in [3.8, 4) is 22.4 Å². The Balaban J connectivity index is 1.31. The maximum absolute atomic E-state index is 4.89. The number of nitrogens with zero attached hydrogens (tertiary/aromatic N) is 3. The molecule has 0 bridgehead atoms. The third-order valence-corrected chi connectivity index (χ3v) is 9.93. The summed E-state index contributed by atoms with van der Waals surface area (Å²) in [7, 11) is 0. The highest BCUT2D eigenvalue weighted by Crippen LogP contribution is 2.50. The Hall–Kier alpha value is -4.87. The van der Waals surface area contributed by atoms with E-state index in [1.165, 1.54) is 75.5 Å². The van der Waals surface area contributed by atoms with Crippen molar-refractivity contribution in [3.63, 3.8) is 0 Å². The average molecular weight is 525 g/mol. The number of para-hydroxylation sites is 2. The predicted octanol–water partition coefficient (Wildman–Crippen LogP) is 8.60. The lowest BCUT2D eigenvalue weighted by atomic mass is 9.61. The first-order chi connectivity index (χ1) is 19.8. The van der Waals surface area contributed by atoms with Crippen LogP contribution in [0.4, 0.5) is 11.4 Å². The minimum atomic E-state index is 0.0227. The number of thiophene rings is 1. The molecule has 5 heteroatoms. The summed E-state index contributed by atoms with van der Waals surface area (Å²) in [6, 6.07) is 42.4. The molecule has 0 unspecified atom stereocenters. The molecule has 0 spiro atoms. The van der Waals surface area contributed by atoms with E-state index in [0.717, 1.165) is 5.69 Å². The first kappa shape index (κ1) is 21.0. The van der Waals surface area contributed by atoms with Crippen molar-refractivity contribution < 1.29 is 0 Å². The number of rotatable bonds is 1. The maximum atomic E-state index is 4.89. The van der Waals surface area contributed by atoms with Gasteiger partial charge in [-0.2, -0.15) is 0 Å². The summed E-state index contributed by atoms with van der Waals surface area (Å²) in [5, 5.41) is 5.27. The van der Waals surface area contributed by atoms with Crippen molar-refractivity contribution in [1.29, 1.82) is 0 Å². The van der Waals surface area contributed by atoms with Crippen LogP contribution in [-0.2, 0) is 0 Å². The summed E-state index contributed by atoms with van der Waals surface area (Å²) in [6.07, 6.45) is 1.92. The van der Waals surface area contributed by atoms with Gasteiger partial charge in [0, 0.05) is 53.9 Å². The highest BCUT2D eigenvalue weighted by molar-refractivity contribution is 7.25. The Kier molecular flexibility index (Phi) is 3.89. The summed E-state index contributed by atoms with van der Waals surface area (Å²) in [5.74, 6) is 0. The van der Waals surface area contributed by atoms with E-state index in [-0.39, 0.29) is 6.98 Å². The molecule has 0 saturated carbocycles. The van der Waals surface area contributed by atoms with Crippen molar-refractivity contribution in [3.05, 3.63) is 121 Å². The van der Waals surface area contributed by atoms with Crippen LogP contribution in [0.25, 0.3) is 64.4 Å². The zero-order valence-electron chi connectivity index (χ0n) is 21.4. The topological polar surface area (TPSA) is 21.1 Å². The fraction of sp³-hybridized carbons (Fsp3) is 0. The lowest BCUT2D eigenvalue weighted by Crippen LogP contribution is -2.51. The summed E-state index contributed by atoms with van der Waals surface area (Å²) in [4.78, 5) is 7.42. The van der Waals surface area contributed by atoms with Crippen molar-refractivity contribution in [2.75, 3.05) is 4.81 Å². The second-order valence-corrected chi connectivity index (χ2v) is 11.9. The molecular formula is C35H20BN3S. The molecule has 0 atom stereocenters. The van der Waals surface area contributed by atoms with Crippen molar-refractivity contribution in [2.45, 2.75) is 0 Å². The van der Waals surface area contributed by atoms with Crippen LogP contribution in [0.1, 0.15) is 0 Å². The molecule has 3 nitrogen and oxygen atoms in total. The van der Waals surface area contributed by atoms with E-state index in [9.17, 15) is 0 Å². The molecule has 10 rings (SSSR count). The molecule has 40 heavy (non-hydrogen) atoms. The smallest absolute Gasteiger partial charge is 0.359 e. The van der Waals surface area contributed by atoms with Crippen molar-refractivity contribution >= 4 is 77.1 Å². The standard InChI is InChI=1S/C35H20BN3S/c1-4-12-29-23(8-1)27-19-22(21-15-16-33-26(18-21)24-9-3-6-14-32(24)40-33)20-31-35(27)39(29)36-28-11-7-17-37-34(28)25-10-2-5-13-30(25)38(31)36/h1-20H. The highest BCUT2D eigenvalue weighted by Gasteiger charge is 2.45. The molecule has 0 saturated heterocycles. The van der Waals surface area contributed by atoms with E-state index < -0.39 is 0 Å². The molecule has 5 aromatic carbocycles. The SMILES string of the molecule is c1cnc2c(c1)B1N(c3ccccc3-2)c2cc(-c3ccc4sc5ccccc5c4c3)cc3c4ccccc4n1c23. The van der Waals surface area contributed by atoms with Crippen LogP contribution in [0.2, 0.25) is 0 Å². The lowest BCUT2D eigenvalue weighted by molar-refractivity contribution is 1.26. The fourth-order valence-corrected chi connectivity index (χ4v) is 8.23. The van der Waals surface area contributed by atoms with Gasteiger partial charge in [0.05, 0.1) is 16.9 Å². The van der Waals surface area contributed by atoms with Gasteiger partial charge in [0.1, 0.15) is 0 Å². The number of hydrogen-bond donors (Lipinski definition) is 0. The van der Waals surface area contributed by atoms with E-state index in [1.54, 1.807) is 0 Å². The maximum Gasteiger partial charge on any atom is 0.423 e. The summed E-state index contributed by atoms with van der Waals surface area (Å²) in [6.45, 7) is 0.0227. The molecule has 2 aliphatic heterocycles. The van der Waals surface area contributed by atoms with Crippen LogP contribution in [0.15, 0.2) is 121 Å². The molecule has 8 aromatic rings. The van der Waals surface area contributed by atoms with Gasteiger partial charge in [-0.1, -0.05) is 66.7 Å². The molecule has 3 aromatic heterocycles. The monoisotopic (exact) mass is 525 g/mol. The van der Waals surface area contributed by atoms with Crippen LogP contribution in [0.5, 0.6) is 0 Å². The zero-order valence-corrected chi connectivity index (χ0v) is 22.2. The van der Waals surface area contributed by atoms with E-state index in [4.69, 9.17) is 4.98 Å². The number of pyridine rings is 1. The number of fused-ring (bicyclic) bond motifs is 14. The van der Waals surface area contributed by atoms with Crippen LogP contribution >= 0.6 is 11.3 Å². The van der Waals surface area contributed by atoms with Gasteiger partial charge in [0.15, 0.2) is 0 Å². The summed E-state index contributed by atoms with van der Waals surface area (Å²) >= 11 is 1.87. The second-order valence-electron chi connectivity index (χ2n) is 10.8. The molecule has 0 aliphatic carbocycles. The van der Waals surface area contributed by atoms with Gasteiger partial charge in [-0.25, -0.2) is 0 Å². The lowest BCUT2D eigenvalue weighted by Gasteiger charge is -2.34. The Morgan fingerprint density at radius 3 is 2.38 bits per heavy atom. The second kappa shape index (κ2) is 7.41. The molecular weight excluding hydrogens is 505 g/mol. The summed E-state index contributed by atoms with van der Waals surface area (Å²) < 4.78 is 5.21. The average Bonchev–Trinajstić information content (AvgIpc) is 3.67. The van der Waals surface area contributed by atoms with Gasteiger partial charge < -0.3 is 9.29 Å². The Morgan fingerprint density at radius 1 is 0.600 bits per heavy atom. The van der Waals surface area contributed by atoms with Crippen molar-refractivity contribution in [1.82, 2.24) is 9.46 Å². The fourth-order valence-electron chi connectivity index (χ4n) is 7.14. The predicted molar refractivity (Wildman–Crippen MR) is 170 cm³/mol. The van der Waals surface area contributed by atoms with E-state index in [1.807, 2.05) is 17.5 Å². The molecule has 184 valence electrons. The number of hydrogen-bond acceptors (Lipinski definition) is 3. The van der Waals surface area contributed by atoms with Gasteiger partial charge >= 0.3 is 6.98 Å². The highest BCUT2D eigenvalue weighted by atomic mass is 32.1. The van der Waals surface area contributed by atoms with Crippen molar-refractivity contribution in [2.24, 2.45) is 0 Å². The number of aromatic nitrogens is 2. The van der Waals surface area contributed by atoms with Crippen LogP contribution in [0, 0.1) is 0 Å². The zero-order chi connectivity index (χ0) is 25.9. The van der Waals surface area contributed by atoms with Crippen LogP contribution in [-0.4, -0.2) is 16.4 Å². The largest absolute Gasteiger partial charge is 0.423 e. The van der Waals surface area contributed by atoms with Gasteiger partial charge in [-0.05, 0) is 65.1 Å². The Morgan fingerprint density at radius 2 is 1.40 bits per heavy atom. The van der Waals surface area contributed by atoms with Gasteiger partial charge in [-0.3, -0.25) is 4.98 Å². The number of anilines is 2. The molecule has 0 N–H and O–H groups in total. The molecule has 0 fully saturated rings. The minimum Gasteiger partial charge on any atom is -0.359 e. The normalized spacial score (nSPS) is 13.4. The minimum absolute atomic E-state index is 0.0227.